The zero-order valence-corrected chi connectivity index (χ0v) is 17.9. The summed E-state index contributed by atoms with van der Waals surface area (Å²) < 4.78 is 5.40. The highest BCUT2D eigenvalue weighted by atomic mass is 16.5. The molecule has 1 amide bonds. The van der Waals surface area contributed by atoms with Crippen molar-refractivity contribution >= 4 is 11.9 Å². The summed E-state index contributed by atoms with van der Waals surface area (Å²) in [6.07, 6.45) is 7.94. The van der Waals surface area contributed by atoms with Gasteiger partial charge in [0.25, 0.3) is 0 Å². The van der Waals surface area contributed by atoms with Gasteiger partial charge in [-0.3, -0.25) is 9.79 Å². The highest BCUT2D eigenvalue weighted by molar-refractivity contribution is 5.80. The molecule has 5 unspecified atom stereocenters. The number of carbonyl (C=O) groups excluding carboxylic acids is 1. The molecule has 0 aromatic carbocycles. The van der Waals surface area contributed by atoms with Gasteiger partial charge in [0.2, 0.25) is 5.91 Å². The largest absolute Gasteiger partial charge is 0.389 e. The second-order valence-corrected chi connectivity index (χ2v) is 10.9. The standard InChI is InChI=1S/C22H37N5O3/c23-18-10-30-2-1-17(18)19(29)26-12-21-4-14-3-15(5-21)7-22(6-14,11-21)13-27-20-24-8-16(28)9-25-20/h14-18,28H,1-13,23H2,(H,26,29)(H2,24,25,27). The number of hydrogen-bond donors (Lipinski definition) is 5. The smallest absolute Gasteiger partial charge is 0.224 e. The van der Waals surface area contributed by atoms with Crippen LogP contribution in [0.25, 0.3) is 0 Å². The van der Waals surface area contributed by atoms with Crippen LogP contribution in [0.3, 0.4) is 0 Å². The summed E-state index contributed by atoms with van der Waals surface area (Å²) in [6, 6.07) is -0.187. The average molecular weight is 420 g/mol. The van der Waals surface area contributed by atoms with Crippen LogP contribution in [0.15, 0.2) is 4.99 Å². The van der Waals surface area contributed by atoms with Gasteiger partial charge in [-0.05, 0) is 67.6 Å². The van der Waals surface area contributed by atoms with E-state index in [0.29, 0.717) is 31.7 Å². The molecule has 5 fully saturated rings. The van der Waals surface area contributed by atoms with E-state index in [-0.39, 0.29) is 29.4 Å². The van der Waals surface area contributed by atoms with Gasteiger partial charge in [-0.25, -0.2) is 0 Å². The number of guanidine groups is 1. The lowest BCUT2D eigenvalue weighted by atomic mass is 9.44. The second-order valence-electron chi connectivity index (χ2n) is 10.9. The Labute approximate surface area is 178 Å². The van der Waals surface area contributed by atoms with Crippen LogP contribution in [0.2, 0.25) is 0 Å². The van der Waals surface area contributed by atoms with Crippen LogP contribution in [0.4, 0.5) is 0 Å². The minimum atomic E-state index is -0.383. The number of aliphatic hydroxyl groups excluding tert-OH is 1. The van der Waals surface area contributed by atoms with E-state index in [2.05, 4.69) is 20.9 Å². The Bertz CT molecular complexity index is 684. The predicted octanol–water partition coefficient (Wildman–Crippen LogP) is -0.0373. The first-order valence-electron chi connectivity index (χ1n) is 11.8. The van der Waals surface area contributed by atoms with E-state index in [0.717, 1.165) is 37.3 Å². The molecule has 2 heterocycles. The normalized spacial score (nSPS) is 44.9. The van der Waals surface area contributed by atoms with Crippen LogP contribution in [0, 0.1) is 28.6 Å². The van der Waals surface area contributed by atoms with Crippen molar-refractivity contribution in [2.75, 3.05) is 39.4 Å². The maximum Gasteiger partial charge on any atom is 0.224 e. The van der Waals surface area contributed by atoms with E-state index >= 15 is 0 Å². The summed E-state index contributed by atoms with van der Waals surface area (Å²) in [7, 11) is 0. The van der Waals surface area contributed by atoms with E-state index in [1.54, 1.807) is 0 Å². The first-order valence-corrected chi connectivity index (χ1v) is 11.8. The van der Waals surface area contributed by atoms with E-state index < -0.39 is 0 Å². The van der Waals surface area contributed by atoms with Crippen molar-refractivity contribution in [1.82, 2.24) is 16.0 Å². The molecule has 2 aliphatic heterocycles. The fourth-order valence-electron chi connectivity index (χ4n) is 7.48. The van der Waals surface area contributed by atoms with Gasteiger partial charge in [0.05, 0.1) is 25.2 Å². The molecule has 6 aliphatic rings. The topological polar surface area (TPSA) is 121 Å². The molecule has 0 aromatic rings. The number of aliphatic hydroxyl groups is 1. The fourth-order valence-corrected chi connectivity index (χ4v) is 7.48. The maximum atomic E-state index is 12.8. The maximum absolute atomic E-state index is 12.8. The van der Waals surface area contributed by atoms with Crippen LogP contribution in [0.1, 0.15) is 44.9 Å². The summed E-state index contributed by atoms with van der Waals surface area (Å²) in [4.78, 5) is 17.3. The summed E-state index contributed by atoms with van der Waals surface area (Å²) in [5.41, 5.74) is 6.66. The van der Waals surface area contributed by atoms with Crippen LogP contribution >= 0.6 is 0 Å². The Hall–Kier alpha value is -1.38. The monoisotopic (exact) mass is 419 g/mol. The number of rotatable bonds is 5. The lowest BCUT2D eigenvalue weighted by Crippen LogP contribution is -2.60. The Morgan fingerprint density at radius 2 is 1.97 bits per heavy atom. The molecule has 0 spiro atoms. The molecule has 168 valence electrons. The molecule has 8 nitrogen and oxygen atoms in total. The minimum absolute atomic E-state index is 0.117. The van der Waals surface area contributed by atoms with Gasteiger partial charge in [0.1, 0.15) is 0 Å². The van der Waals surface area contributed by atoms with Crippen molar-refractivity contribution < 1.29 is 14.6 Å². The number of hydrogen-bond acceptors (Lipinski definition) is 7. The van der Waals surface area contributed by atoms with Crippen LogP contribution < -0.4 is 21.7 Å². The number of ether oxygens (including phenoxy) is 1. The third-order valence-corrected chi connectivity index (χ3v) is 8.27. The first kappa shape index (κ1) is 20.5. The summed E-state index contributed by atoms with van der Waals surface area (Å²) in [5.74, 6) is 2.38. The van der Waals surface area contributed by atoms with Gasteiger partial charge < -0.3 is 31.5 Å². The fraction of sp³-hybridized carbons (Fsp3) is 0.909. The molecule has 4 bridgehead atoms. The van der Waals surface area contributed by atoms with Crippen molar-refractivity contribution in [3.05, 3.63) is 0 Å². The van der Waals surface area contributed by atoms with Crippen molar-refractivity contribution in [3.63, 3.8) is 0 Å². The van der Waals surface area contributed by atoms with Crippen molar-refractivity contribution in [2.24, 2.45) is 39.3 Å². The molecule has 6 rings (SSSR count). The molecule has 0 aromatic heterocycles. The molecule has 1 saturated heterocycles. The van der Waals surface area contributed by atoms with Gasteiger partial charge in [-0.1, -0.05) is 0 Å². The van der Waals surface area contributed by atoms with Gasteiger partial charge in [0, 0.05) is 32.3 Å². The van der Waals surface area contributed by atoms with E-state index in [9.17, 15) is 9.90 Å². The Balaban J connectivity index is 1.22. The number of nitrogens with one attached hydrogen (secondary N) is 3. The van der Waals surface area contributed by atoms with Crippen molar-refractivity contribution in [1.29, 1.82) is 0 Å². The third kappa shape index (κ3) is 4.06. The predicted molar refractivity (Wildman–Crippen MR) is 114 cm³/mol. The molecule has 4 saturated carbocycles. The van der Waals surface area contributed by atoms with Crippen LogP contribution in [-0.2, 0) is 9.53 Å². The van der Waals surface area contributed by atoms with Gasteiger partial charge in [-0.15, -0.1) is 0 Å². The third-order valence-electron chi connectivity index (χ3n) is 8.27. The zero-order chi connectivity index (χ0) is 20.8. The highest BCUT2D eigenvalue weighted by Crippen LogP contribution is 2.64. The first-order chi connectivity index (χ1) is 14.4. The number of carbonyl (C=O) groups is 1. The number of β-amino-alcohol motifs (C(OH)–C–C–N with tert-alkyl or cyclic N) is 1. The molecule has 0 radical (unpaired) electrons. The zero-order valence-electron chi connectivity index (χ0n) is 17.9. The lowest BCUT2D eigenvalue weighted by molar-refractivity contribution is -0.133. The molecular formula is C22H37N5O3. The average Bonchev–Trinajstić information content (AvgIpc) is 2.71. The minimum Gasteiger partial charge on any atom is -0.389 e. The Morgan fingerprint density at radius 3 is 2.63 bits per heavy atom. The van der Waals surface area contributed by atoms with E-state index in [4.69, 9.17) is 10.5 Å². The summed E-state index contributed by atoms with van der Waals surface area (Å²) in [6.45, 7) is 3.87. The number of amides is 1. The number of nitrogens with two attached hydrogens (primary N) is 1. The summed E-state index contributed by atoms with van der Waals surface area (Å²) >= 11 is 0. The second kappa shape index (κ2) is 7.95. The quantitative estimate of drug-likeness (QED) is 0.427. The summed E-state index contributed by atoms with van der Waals surface area (Å²) in [5, 5.41) is 19.7. The lowest BCUT2D eigenvalue weighted by Gasteiger charge is -2.62. The van der Waals surface area contributed by atoms with Gasteiger partial charge in [0.15, 0.2) is 5.96 Å². The van der Waals surface area contributed by atoms with Crippen molar-refractivity contribution in [3.8, 4) is 0 Å². The number of nitrogens with zero attached hydrogens (tertiary/aromatic N) is 1. The number of aliphatic imine (C=N–C) groups is 1. The Kier molecular flexibility index (Phi) is 5.44. The van der Waals surface area contributed by atoms with E-state index in [1.165, 1.54) is 38.5 Å². The van der Waals surface area contributed by atoms with Crippen LogP contribution in [0.5, 0.6) is 0 Å². The van der Waals surface area contributed by atoms with Gasteiger partial charge in [-0.2, -0.15) is 0 Å². The van der Waals surface area contributed by atoms with Crippen molar-refractivity contribution in [2.45, 2.75) is 57.1 Å². The molecule has 6 N–H and O–H groups in total. The van der Waals surface area contributed by atoms with Gasteiger partial charge >= 0.3 is 0 Å². The molecule has 4 aliphatic carbocycles. The molecule has 5 atom stereocenters. The molecule has 30 heavy (non-hydrogen) atoms. The highest BCUT2D eigenvalue weighted by Gasteiger charge is 2.57. The molecule has 8 heteroatoms. The van der Waals surface area contributed by atoms with Crippen LogP contribution in [-0.4, -0.2) is 68.5 Å². The Morgan fingerprint density at radius 1 is 1.23 bits per heavy atom. The SMILES string of the molecule is NC1COCCC1C(=O)NCC12CC3CC(C1)CC(CNC1=NCC(O)CN1)(C3)C2. The molecular weight excluding hydrogens is 382 g/mol. The van der Waals surface area contributed by atoms with E-state index in [1.807, 2.05) is 0 Å².